The third-order valence-electron chi connectivity index (χ3n) is 2.30. The second kappa shape index (κ2) is 5.47. The Kier molecular flexibility index (Phi) is 5.37. The molecule has 0 rings (SSSR count). The zero-order valence-corrected chi connectivity index (χ0v) is 8.41. The van der Waals surface area contributed by atoms with E-state index >= 15 is 0 Å². The number of halogens is 3. The number of alkyl halides is 3. The summed E-state index contributed by atoms with van der Waals surface area (Å²) in [5.41, 5.74) is 0. The molecular formula is C9H18F3N. The van der Waals surface area contributed by atoms with Gasteiger partial charge in [-0.05, 0) is 12.5 Å². The predicted molar refractivity (Wildman–Crippen MR) is 47.6 cm³/mol. The van der Waals surface area contributed by atoms with Gasteiger partial charge in [-0.3, -0.25) is 0 Å². The molecule has 0 aliphatic rings. The summed E-state index contributed by atoms with van der Waals surface area (Å²) >= 11 is 0. The Labute approximate surface area is 77.7 Å². The highest BCUT2D eigenvalue weighted by Crippen LogP contribution is 2.28. The summed E-state index contributed by atoms with van der Waals surface area (Å²) in [5.74, 6) is -0.306. The number of nitrogens with one attached hydrogen (secondary N) is 1. The average molecular weight is 197 g/mol. The Morgan fingerprint density at radius 2 is 1.54 bits per heavy atom. The first-order valence-corrected chi connectivity index (χ1v) is 4.77. The van der Waals surface area contributed by atoms with Crippen LogP contribution in [0.15, 0.2) is 0 Å². The monoisotopic (exact) mass is 197 g/mol. The molecule has 0 aromatic carbocycles. The Morgan fingerprint density at radius 1 is 1.08 bits per heavy atom. The Balaban J connectivity index is 4.38. The van der Waals surface area contributed by atoms with Crippen LogP contribution < -0.4 is 5.32 Å². The molecule has 0 saturated carbocycles. The standard InChI is InChI=1S/C9H18F3N/c1-4-7(5-2)8(13-6-3)9(10,11)12/h7-8,13H,4-6H2,1-3H3. The molecule has 0 aliphatic carbocycles. The molecule has 0 amide bonds. The molecule has 0 radical (unpaired) electrons. The number of hydrogen-bond acceptors (Lipinski definition) is 1. The number of rotatable bonds is 5. The quantitative estimate of drug-likeness (QED) is 0.714. The molecule has 4 heteroatoms. The minimum absolute atomic E-state index is 0.306. The fourth-order valence-corrected chi connectivity index (χ4v) is 1.53. The molecule has 0 aliphatic heterocycles. The lowest BCUT2D eigenvalue weighted by molar-refractivity contribution is -0.168. The zero-order chi connectivity index (χ0) is 10.5. The molecule has 0 bridgehead atoms. The molecule has 1 nitrogen and oxygen atoms in total. The minimum atomic E-state index is -4.12. The summed E-state index contributed by atoms with van der Waals surface area (Å²) in [4.78, 5) is 0. The van der Waals surface area contributed by atoms with Crippen LogP contribution in [0.3, 0.4) is 0 Å². The van der Waals surface area contributed by atoms with Crippen molar-refractivity contribution in [1.29, 1.82) is 0 Å². The van der Waals surface area contributed by atoms with Gasteiger partial charge in [-0.2, -0.15) is 13.2 Å². The lowest BCUT2D eigenvalue weighted by atomic mass is 9.94. The smallest absolute Gasteiger partial charge is 0.306 e. The van der Waals surface area contributed by atoms with Crippen LogP contribution in [0.2, 0.25) is 0 Å². The van der Waals surface area contributed by atoms with Crippen LogP contribution in [0, 0.1) is 5.92 Å². The molecule has 0 aromatic heterocycles. The van der Waals surface area contributed by atoms with Gasteiger partial charge in [-0.1, -0.05) is 33.6 Å². The van der Waals surface area contributed by atoms with Crippen LogP contribution in [-0.2, 0) is 0 Å². The Morgan fingerprint density at radius 3 is 1.77 bits per heavy atom. The van der Waals surface area contributed by atoms with Gasteiger partial charge in [0.05, 0.1) is 0 Å². The van der Waals surface area contributed by atoms with Crippen LogP contribution in [0.25, 0.3) is 0 Å². The second-order valence-electron chi connectivity index (χ2n) is 3.15. The summed E-state index contributed by atoms with van der Waals surface area (Å²) in [6, 6.07) is -1.34. The fourth-order valence-electron chi connectivity index (χ4n) is 1.53. The minimum Gasteiger partial charge on any atom is -0.306 e. The van der Waals surface area contributed by atoms with Crippen molar-refractivity contribution < 1.29 is 13.2 Å². The van der Waals surface area contributed by atoms with Gasteiger partial charge < -0.3 is 5.32 Å². The van der Waals surface area contributed by atoms with E-state index in [2.05, 4.69) is 5.32 Å². The zero-order valence-electron chi connectivity index (χ0n) is 8.41. The van der Waals surface area contributed by atoms with E-state index in [4.69, 9.17) is 0 Å². The maximum absolute atomic E-state index is 12.5. The second-order valence-corrected chi connectivity index (χ2v) is 3.15. The van der Waals surface area contributed by atoms with E-state index in [1.165, 1.54) is 0 Å². The first-order valence-electron chi connectivity index (χ1n) is 4.77. The molecule has 0 saturated heterocycles. The molecule has 1 N–H and O–H groups in total. The van der Waals surface area contributed by atoms with Crippen molar-refractivity contribution in [3.05, 3.63) is 0 Å². The van der Waals surface area contributed by atoms with Crippen molar-refractivity contribution in [3.63, 3.8) is 0 Å². The van der Waals surface area contributed by atoms with E-state index in [0.29, 0.717) is 19.4 Å². The SMILES string of the molecule is CCNC(C(CC)CC)C(F)(F)F. The van der Waals surface area contributed by atoms with Crippen LogP contribution in [0.1, 0.15) is 33.6 Å². The maximum Gasteiger partial charge on any atom is 0.404 e. The topological polar surface area (TPSA) is 12.0 Å². The van der Waals surface area contributed by atoms with Gasteiger partial charge in [0.15, 0.2) is 0 Å². The summed E-state index contributed by atoms with van der Waals surface area (Å²) < 4.78 is 37.4. The first-order chi connectivity index (χ1) is 5.97. The Bertz CT molecular complexity index is 129. The van der Waals surface area contributed by atoms with Crippen LogP contribution in [0.4, 0.5) is 13.2 Å². The average Bonchev–Trinajstić information content (AvgIpc) is 2.03. The van der Waals surface area contributed by atoms with Gasteiger partial charge in [-0.15, -0.1) is 0 Å². The summed E-state index contributed by atoms with van der Waals surface area (Å²) in [6.07, 6.45) is -2.99. The number of hydrogen-bond donors (Lipinski definition) is 1. The normalized spacial score (nSPS) is 15.0. The van der Waals surface area contributed by atoms with E-state index in [-0.39, 0.29) is 5.92 Å². The van der Waals surface area contributed by atoms with Crippen LogP contribution in [0.5, 0.6) is 0 Å². The molecule has 1 unspecified atom stereocenters. The highest BCUT2D eigenvalue weighted by atomic mass is 19.4. The summed E-state index contributed by atoms with van der Waals surface area (Å²) in [5, 5.41) is 2.50. The molecule has 0 aromatic rings. The van der Waals surface area contributed by atoms with Gasteiger partial charge in [0.1, 0.15) is 6.04 Å². The van der Waals surface area contributed by atoms with E-state index in [1.54, 1.807) is 20.8 Å². The Hall–Kier alpha value is -0.250. The van der Waals surface area contributed by atoms with Crippen LogP contribution >= 0.6 is 0 Å². The lowest BCUT2D eigenvalue weighted by Gasteiger charge is -2.28. The van der Waals surface area contributed by atoms with E-state index in [0.717, 1.165) is 0 Å². The lowest BCUT2D eigenvalue weighted by Crippen LogP contribution is -2.47. The van der Waals surface area contributed by atoms with E-state index in [1.807, 2.05) is 0 Å². The molecular weight excluding hydrogens is 179 g/mol. The van der Waals surface area contributed by atoms with Crippen molar-refractivity contribution in [2.24, 2.45) is 5.92 Å². The van der Waals surface area contributed by atoms with E-state index < -0.39 is 12.2 Å². The predicted octanol–water partition coefficient (Wildman–Crippen LogP) is 2.96. The fraction of sp³-hybridized carbons (Fsp3) is 1.00. The molecule has 0 spiro atoms. The summed E-state index contributed by atoms with van der Waals surface area (Å²) in [7, 11) is 0. The van der Waals surface area contributed by atoms with Gasteiger partial charge in [0, 0.05) is 0 Å². The molecule has 0 fully saturated rings. The maximum atomic E-state index is 12.5. The van der Waals surface area contributed by atoms with Gasteiger partial charge in [0.2, 0.25) is 0 Å². The molecule has 80 valence electrons. The van der Waals surface area contributed by atoms with Gasteiger partial charge >= 0.3 is 6.18 Å². The van der Waals surface area contributed by atoms with Crippen molar-refractivity contribution in [2.75, 3.05) is 6.54 Å². The molecule has 13 heavy (non-hydrogen) atoms. The van der Waals surface area contributed by atoms with Gasteiger partial charge in [-0.25, -0.2) is 0 Å². The summed E-state index contributed by atoms with van der Waals surface area (Å²) in [6.45, 7) is 5.65. The van der Waals surface area contributed by atoms with Crippen molar-refractivity contribution in [3.8, 4) is 0 Å². The van der Waals surface area contributed by atoms with Crippen LogP contribution in [-0.4, -0.2) is 18.8 Å². The van der Waals surface area contributed by atoms with Crippen molar-refractivity contribution in [2.45, 2.75) is 45.8 Å². The molecule has 0 heterocycles. The van der Waals surface area contributed by atoms with Gasteiger partial charge in [0.25, 0.3) is 0 Å². The third-order valence-corrected chi connectivity index (χ3v) is 2.30. The van der Waals surface area contributed by atoms with E-state index in [9.17, 15) is 13.2 Å². The van der Waals surface area contributed by atoms with Crippen molar-refractivity contribution in [1.82, 2.24) is 5.32 Å². The largest absolute Gasteiger partial charge is 0.404 e. The highest BCUT2D eigenvalue weighted by Gasteiger charge is 2.42. The first kappa shape index (κ1) is 12.8. The highest BCUT2D eigenvalue weighted by molar-refractivity contribution is 4.81. The van der Waals surface area contributed by atoms with Crippen molar-refractivity contribution >= 4 is 0 Å². The molecule has 1 atom stereocenters. The third kappa shape index (κ3) is 3.98.